The van der Waals surface area contributed by atoms with Crippen LogP contribution >= 0.6 is 0 Å². The molecule has 1 atom stereocenters. The number of unbranched alkanes of at least 4 members (excludes halogenated alkanes) is 1. The molecule has 0 radical (unpaired) electrons. The Morgan fingerprint density at radius 1 is 1.10 bits per heavy atom. The Hall–Kier alpha value is -1.35. The van der Waals surface area contributed by atoms with Gasteiger partial charge in [0.25, 0.3) is 0 Å². The molecular weight excluding hydrogens is 248 g/mol. The van der Waals surface area contributed by atoms with E-state index in [9.17, 15) is 4.79 Å². The zero-order valence-electron chi connectivity index (χ0n) is 13.0. The van der Waals surface area contributed by atoms with E-state index in [2.05, 4.69) is 50.4 Å². The van der Waals surface area contributed by atoms with Gasteiger partial charge in [-0.3, -0.25) is 4.79 Å². The van der Waals surface area contributed by atoms with Crippen LogP contribution in [0.4, 0.5) is 0 Å². The van der Waals surface area contributed by atoms with Crippen LogP contribution in [0.5, 0.6) is 0 Å². The van der Waals surface area contributed by atoms with Crippen LogP contribution in [0.25, 0.3) is 0 Å². The number of nitrogens with two attached hydrogens (primary N) is 1. The molecule has 0 saturated carbocycles. The number of benzene rings is 1. The first-order chi connectivity index (χ1) is 9.54. The van der Waals surface area contributed by atoms with Gasteiger partial charge in [0, 0.05) is 13.0 Å². The Bertz CT molecular complexity index is 398. The van der Waals surface area contributed by atoms with Crippen LogP contribution in [0.15, 0.2) is 24.3 Å². The molecule has 0 spiro atoms. The van der Waals surface area contributed by atoms with Crippen LogP contribution in [0, 0.1) is 0 Å². The van der Waals surface area contributed by atoms with Crippen molar-refractivity contribution >= 4 is 5.91 Å². The molecular formula is C17H28N2O. The van der Waals surface area contributed by atoms with Gasteiger partial charge >= 0.3 is 0 Å². The molecule has 1 unspecified atom stereocenters. The fourth-order valence-electron chi connectivity index (χ4n) is 2.17. The van der Waals surface area contributed by atoms with Crippen LogP contribution in [0.1, 0.15) is 63.0 Å². The summed E-state index contributed by atoms with van der Waals surface area (Å²) in [7, 11) is 0. The van der Waals surface area contributed by atoms with E-state index < -0.39 is 0 Å². The van der Waals surface area contributed by atoms with Crippen LogP contribution in [-0.4, -0.2) is 19.0 Å². The molecule has 1 rings (SSSR count). The maximum Gasteiger partial charge on any atom is 0.220 e. The molecule has 1 amide bonds. The van der Waals surface area contributed by atoms with Crippen molar-refractivity contribution in [2.75, 3.05) is 13.1 Å². The standard InChI is InChI=1S/C17H28N2O/c1-13(2)15-6-8-16(9-7-15)14(3)12-17(20)19-11-5-4-10-18/h6-9,13-14H,4-5,10-12,18H2,1-3H3,(H,19,20). The third-order valence-corrected chi connectivity index (χ3v) is 3.62. The number of carbonyl (C=O) groups is 1. The Kier molecular flexibility index (Phi) is 7.31. The summed E-state index contributed by atoms with van der Waals surface area (Å²) >= 11 is 0. The van der Waals surface area contributed by atoms with Gasteiger partial charge in [0.1, 0.15) is 0 Å². The average Bonchev–Trinajstić information content (AvgIpc) is 2.43. The van der Waals surface area contributed by atoms with E-state index in [0.29, 0.717) is 18.9 Å². The average molecular weight is 276 g/mol. The number of rotatable bonds is 8. The van der Waals surface area contributed by atoms with Crippen molar-refractivity contribution < 1.29 is 4.79 Å². The number of amides is 1. The van der Waals surface area contributed by atoms with Crippen molar-refractivity contribution in [1.29, 1.82) is 0 Å². The summed E-state index contributed by atoms with van der Waals surface area (Å²) < 4.78 is 0. The largest absolute Gasteiger partial charge is 0.356 e. The first-order valence-corrected chi connectivity index (χ1v) is 7.61. The lowest BCUT2D eigenvalue weighted by Gasteiger charge is -2.13. The Labute approximate surface area is 122 Å². The Balaban J connectivity index is 2.41. The van der Waals surface area contributed by atoms with Gasteiger partial charge in [-0.15, -0.1) is 0 Å². The van der Waals surface area contributed by atoms with Crippen molar-refractivity contribution in [2.45, 2.75) is 51.9 Å². The summed E-state index contributed by atoms with van der Waals surface area (Å²) in [6, 6.07) is 8.61. The minimum Gasteiger partial charge on any atom is -0.356 e. The van der Waals surface area contributed by atoms with E-state index in [-0.39, 0.29) is 11.8 Å². The Morgan fingerprint density at radius 3 is 2.25 bits per heavy atom. The number of hydrogen-bond acceptors (Lipinski definition) is 2. The minimum atomic E-state index is 0.127. The zero-order valence-corrected chi connectivity index (χ0v) is 13.0. The van der Waals surface area contributed by atoms with Crippen molar-refractivity contribution in [2.24, 2.45) is 5.73 Å². The van der Waals surface area contributed by atoms with Crippen molar-refractivity contribution in [3.8, 4) is 0 Å². The van der Waals surface area contributed by atoms with Gasteiger partial charge in [-0.05, 0) is 42.3 Å². The summed E-state index contributed by atoms with van der Waals surface area (Å²) in [5, 5.41) is 2.95. The SMILES string of the molecule is CC(C)c1ccc(C(C)CC(=O)NCCCCN)cc1. The topological polar surface area (TPSA) is 55.1 Å². The van der Waals surface area contributed by atoms with Gasteiger partial charge < -0.3 is 11.1 Å². The predicted octanol–water partition coefficient (Wildman–Crippen LogP) is 3.16. The molecule has 1 aromatic carbocycles. The lowest BCUT2D eigenvalue weighted by molar-refractivity contribution is -0.121. The second-order valence-corrected chi connectivity index (χ2v) is 5.77. The van der Waals surface area contributed by atoms with Crippen molar-refractivity contribution in [3.05, 3.63) is 35.4 Å². The highest BCUT2D eigenvalue weighted by molar-refractivity contribution is 5.76. The molecule has 0 heterocycles. The van der Waals surface area contributed by atoms with Crippen LogP contribution in [-0.2, 0) is 4.79 Å². The number of nitrogens with one attached hydrogen (secondary N) is 1. The van der Waals surface area contributed by atoms with Crippen LogP contribution < -0.4 is 11.1 Å². The third kappa shape index (κ3) is 5.74. The summed E-state index contributed by atoms with van der Waals surface area (Å²) in [6.45, 7) is 7.90. The Morgan fingerprint density at radius 2 is 1.70 bits per heavy atom. The van der Waals surface area contributed by atoms with Gasteiger partial charge in [0.2, 0.25) is 5.91 Å². The lowest BCUT2D eigenvalue weighted by Crippen LogP contribution is -2.25. The first-order valence-electron chi connectivity index (χ1n) is 7.61. The normalized spacial score (nSPS) is 12.4. The highest BCUT2D eigenvalue weighted by atomic mass is 16.1. The molecule has 0 aliphatic carbocycles. The molecule has 0 bridgehead atoms. The van der Waals surface area contributed by atoms with E-state index in [0.717, 1.165) is 19.4 Å². The van der Waals surface area contributed by atoms with Gasteiger partial charge in [0.15, 0.2) is 0 Å². The molecule has 3 N–H and O–H groups in total. The fraction of sp³-hybridized carbons (Fsp3) is 0.588. The van der Waals surface area contributed by atoms with E-state index in [1.165, 1.54) is 11.1 Å². The number of carbonyl (C=O) groups excluding carboxylic acids is 1. The number of hydrogen-bond donors (Lipinski definition) is 2. The predicted molar refractivity (Wildman–Crippen MR) is 84.9 cm³/mol. The van der Waals surface area contributed by atoms with Gasteiger partial charge in [0.05, 0.1) is 0 Å². The van der Waals surface area contributed by atoms with E-state index in [1.807, 2.05) is 0 Å². The first kappa shape index (κ1) is 16.7. The van der Waals surface area contributed by atoms with E-state index >= 15 is 0 Å². The van der Waals surface area contributed by atoms with Gasteiger partial charge in [-0.1, -0.05) is 45.0 Å². The van der Waals surface area contributed by atoms with Crippen LogP contribution in [0.2, 0.25) is 0 Å². The van der Waals surface area contributed by atoms with Gasteiger partial charge in [-0.25, -0.2) is 0 Å². The van der Waals surface area contributed by atoms with Crippen LogP contribution in [0.3, 0.4) is 0 Å². The quantitative estimate of drug-likeness (QED) is 0.717. The molecule has 20 heavy (non-hydrogen) atoms. The minimum absolute atomic E-state index is 0.127. The second-order valence-electron chi connectivity index (χ2n) is 5.77. The molecule has 0 aromatic heterocycles. The molecule has 0 fully saturated rings. The highest BCUT2D eigenvalue weighted by Gasteiger charge is 2.11. The molecule has 1 aromatic rings. The maximum absolute atomic E-state index is 11.8. The second kappa shape index (κ2) is 8.75. The molecule has 0 aliphatic rings. The lowest BCUT2D eigenvalue weighted by atomic mass is 9.94. The highest BCUT2D eigenvalue weighted by Crippen LogP contribution is 2.22. The molecule has 0 saturated heterocycles. The maximum atomic E-state index is 11.8. The van der Waals surface area contributed by atoms with Crippen molar-refractivity contribution in [3.63, 3.8) is 0 Å². The van der Waals surface area contributed by atoms with E-state index in [4.69, 9.17) is 5.73 Å². The smallest absolute Gasteiger partial charge is 0.220 e. The third-order valence-electron chi connectivity index (χ3n) is 3.62. The zero-order chi connectivity index (χ0) is 15.0. The molecule has 3 nitrogen and oxygen atoms in total. The summed E-state index contributed by atoms with van der Waals surface area (Å²) in [5.74, 6) is 0.929. The van der Waals surface area contributed by atoms with E-state index in [1.54, 1.807) is 0 Å². The monoisotopic (exact) mass is 276 g/mol. The summed E-state index contributed by atoms with van der Waals surface area (Å²) in [4.78, 5) is 11.8. The summed E-state index contributed by atoms with van der Waals surface area (Å²) in [5.41, 5.74) is 7.99. The van der Waals surface area contributed by atoms with Crippen molar-refractivity contribution in [1.82, 2.24) is 5.32 Å². The summed E-state index contributed by atoms with van der Waals surface area (Å²) in [6.07, 6.45) is 2.47. The molecule has 0 aliphatic heterocycles. The van der Waals surface area contributed by atoms with Gasteiger partial charge in [-0.2, -0.15) is 0 Å². The molecule has 3 heteroatoms. The molecule has 112 valence electrons. The fourth-order valence-corrected chi connectivity index (χ4v) is 2.17.